The first kappa shape index (κ1) is 15.2. The molecule has 3 aromatic heterocycles. The summed E-state index contributed by atoms with van der Waals surface area (Å²) in [5.41, 5.74) is 1.51. The van der Waals surface area contributed by atoms with Crippen LogP contribution in [0.4, 0.5) is 5.69 Å². The van der Waals surface area contributed by atoms with E-state index in [0.29, 0.717) is 21.4 Å². The van der Waals surface area contributed by atoms with Crippen LogP contribution in [0.25, 0.3) is 11.7 Å². The molecule has 0 aliphatic carbocycles. The molecule has 1 aromatic carbocycles. The summed E-state index contributed by atoms with van der Waals surface area (Å²) in [6, 6.07) is 8.82. The van der Waals surface area contributed by atoms with Crippen molar-refractivity contribution in [3.8, 4) is 5.88 Å². The van der Waals surface area contributed by atoms with Gasteiger partial charge in [-0.25, -0.2) is 19.3 Å². The fraction of sp³-hybridized carbons (Fsp3) is 0. The van der Waals surface area contributed by atoms with E-state index in [-0.39, 0.29) is 11.6 Å². The van der Waals surface area contributed by atoms with Gasteiger partial charge in [0.2, 0.25) is 5.88 Å². The lowest BCUT2D eigenvalue weighted by Crippen LogP contribution is -2.12. The third-order valence-corrected chi connectivity index (χ3v) is 3.74. The Hall–Kier alpha value is -3.39. The van der Waals surface area contributed by atoms with Crippen LogP contribution in [0.15, 0.2) is 52.5 Å². The predicted octanol–water partition coefficient (Wildman–Crippen LogP) is 0.885. The number of nitrogens with zero attached hydrogens (tertiary/aromatic N) is 4. The lowest BCUT2D eigenvalue weighted by atomic mass is 10.3. The molecule has 3 heterocycles. The van der Waals surface area contributed by atoms with E-state index < -0.39 is 5.69 Å². The molecule has 0 saturated heterocycles. The molecule has 4 rings (SSSR count). The van der Waals surface area contributed by atoms with Gasteiger partial charge in [-0.15, -0.1) is 0 Å². The Labute approximate surface area is 144 Å². The summed E-state index contributed by atoms with van der Waals surface area (Å²) in [5.74, 6) is -0.244. The quantitative estimate of drug-likeness (QED) is 0.496. The normalized spacial score (nSPS) is 13.0. The fourth-order valence-corrected chi connectivity index (χ4v) is 2.46. The van der Waals surface area contributed by atoms with Crippen molar-refractivity contribution in [2.75, 3.05) is 0 Å². The Balaban J connectivity index is 1.87. The van der Waals surface area contributed by atoms with Gasteiger partial charge in [-0.3, -0.25) is 4.98 Å². The third kappa shape index (κ3) is 3.02. The van der Waals surface area contributed by atoms with Crippen LogP contribution in [0.3, 0.4) is 0 Å². The van der Waals surface area contributed by atoms with E-state index in [1.54, 1.807) is 53.3 Å². The Morgan fingerprint density at radius 1 is 1.20 bits per heavy atom. The number of aromatic nitrogens is 5. The number of halogens is 1. The highest BCUT2D eigenvalue weighted by molar-refractivity contribution is 6.30. The van der Waals surface area contributed by atoms with Gasteiger partial charge >= 0.3 is 5.69 Å². The molecule has 0 atom stereocenters. The summed E-state index contributed by atoms with van der Waals surface area (Å²) >= 11 is 5.87. The van der Waals surface area contributed by atoms with E-state index in [2.05, 4.69) is 25.0 Å². The van der Waals surface area contributed by atoms with E-state index in [0.717, 1.165) is 5.69 Å². The van der Waals surface area contributed by atoms with Crippen LogP contribution in [0.2, 0.25) is 5.02 Å². The first-order valence-corrected chi connectivity index (χ1v) is 7.64. The van der Waals surface area contributed by atoms with Gasteiger partial charge in [0.1, 0.15) is 5.69 Å². The van der Waals surface area contributed by atoms with Gasteiger partial charge in [-0.05, 0) is 30.3 Å². The second-order valence-electron chi connectivity index (χ2n) is 5.23. The van der Waals surface area contributed by atoms with Crippen molar-refractivity contribution in [3.63, 3.8) is 0 Å². The van der Waals surface area contributed by atoms with Crippen molar-refractivity contribution in [2.45, 2.75) is 0 Å². The van der Waals surface area contributed by atoms with Crippen molar-refractivity contribution >= 4 is 29.0 Å². The van der Waals surface area contributed by atoms with Crippen molar-refractivity contribution in [2.24, 2.45) is 4.99 Å². The molecule has 25 heavy (non-hydrogen) atoms. The first-order valence-electron chi connectivity index (χ1n) is 7.26. The highest BCUT2D eigenvalue weighted by Crippen LogP contribution is 2.15. The number of H-pyrrole nitrogens is 2. The average molecular weight is 355 g/mol. The minimum atomic E-state index is -0.494. The van der Waals surface area contributed by atoms with Crippen molar-refractivity contribution < 1.29 is 5.11 Å². The van der Waals surface area contributed by atoms with E-state index in [4.69, 9.17) is 11.6 Å². The van der Waals surface area contributed by atoms with Crippen LogP contribution < -0.4 is 16.4 Å². The molecule has 3 N–H and O–H groups in total. The molecule has 0 aliphatic rings. The average Bonchev–Trinajstić information content (AvgIpc) is 3.13. The van der Waals surface area contributed by atoms with Crippen molar-refractivity contribution in [1.82, 2.24) is 24.6 Å². The van der Waals surface area contributed by atoms with E-state index >= 15 is 0 Å². The monoisotopic (exact) mass is 354 g/mol. The molecule has 0 unspecified atom stereocenters. The van der Waals surface area contributed by atoms with Crippen molar-refractivity contribution in [1.29, 1.82) is 0 Å². The Bertz CT molecular complexity index is 1240. The fourth-order valence-electron chi connectivity index (χ4n) is 2.34. The van der Waals surface area contributed by atoms with Crippen LogP contribution in [0.1, 0.15) is 5.69 Å². The molecule has 0 radical (unpaired) electrons. The van der Waals surface area contributed by atoms with Crippen LogP contribution >= 0.6 is 11.6 Å². The van der Waals surface area contributed by atoms with Gasteiger partial charge in [0, 0.05) is 22.5 Å². The maximum atomic E-state index is 11.2. The Morgan fingerprint density at radius 3 is 2.72 bits per heavy atom. The molecular weight excluding hydrogens is 344 g/mol. The topological polar surface area (TPSA) is 111 Å². The number of fused-ring (bicyclic) bond motifs is 1. The molecule has 9 heteroatoms. The van der Waals surface area contributed by atoms with Gasteiger partial charge in [0.25, 0.3) is 0 Å². The lowest BCUT2D eigenvalue weighted by molar-refractivity contribution is 0.454. The molecule has 0 bridgehead atoms. The minimum Gasteiger partial charge on any atom is -0.493 e. The maximum absolute atomic E-state index is 11.2. The molecule has 0 amide bonds. The minimum absolute atomic E-state index is 0.244. The van der Waals surface area contributed by atoms with Gasteiger partial charge in [0.15, 0.2) is 11.1 Å². The summed E-state index contributed by atoms with van der Waals surface area (Å²) in [6.45, 7) is 0. The number of aromatic amines is 2. The molecule has 4 aromatic rings. The Morgan fingerprint density at radius 2 is 2.00 bits per heavy atom. The number of hydrogen-bond donors (Lipinski definition) is 3. The van der Waals surface area contributed by atoms with Crippen LogP contribution in [0.5, 0.6) is 5.88 Å². The zero-order valence-electron chi connectivity index (χ0n) is 12.6. The van der Waals surface area contributed by atoms with Gasteiger partial charge in [-0.1, -0.05) is 11.6 Å². The predicted molar refractivity (Wildman–Crippen MR) is 91.5 cm³/mol. The molecular formula is C16H11ClN6O2. The zero-order chi connectivity index (χ0) is 17.4. The molecule has 0 spiro atoms. The van der Waals surface area contributed by atoms with Crippen LogP contribution in [-0.4, -0.2) is 29.7 Å². The van der Waals surface area contributed by atoms with E-state index in [1.807, 2.05) is 0 Å². The molecule has 0 aliphatic heterocycles. The maximum Gasteiger partial charge on any atom is 0.326 e. The first-order chi connectivity index (χ1) is 12.1. The molecule has 0 saturated carbocycles. The van der Waals surface area contributed by atoms with Crippen LogP contribution in [0, 0.1) is 0 Å². The summed E-state index contributed by atoms with van der Waals surface area (Å²) in [6.07, 6.45) is 4.89. The number of hydrogen-bond acceptors (Lipinski definition) is 5. The van der Waals surface area contributed by atoms with E-state index in [1.165, 1.54) is 0 Å². The standard InChI is InChI=1S/C16H11ClN6O2/c17-10-1-3-11(4-2-10)19-13-5-6-23-14(21-13)9(8-18-23)7-12-15(24)22-16(25)20-12/h1-8,24H,(H2,20,22,25)/b9-7-,19-13?. The summed E-state index contributed by atoms with van der Waals surface area (Å²) in [5, 5.41) is 15.1. The zero-order valence-corrected chi connectivity index (χ0v) is 13.4. The summed E-state index contributed by atoms with van der Waals surface area (Å²) in [7, 11) is 0. The van der Waals surface area contributed by atoms with Crippen LogP contribution in [-0.2, 0) is 0 Å². The number of rotatable bonds is 2. The SMILES string of the molecule is O=c1[nH]c(O)c(/C=c2/cnn3ccc(=Nc4ccc(Cl)cc4)nc23)[nH]1. The lowest BCUT2D eigenvalue weighted by Gasteiger charge is -1.95. The van der Waals surface area contributed by atoms with Gasteiger partial charge in [0.05, 0.1) is 11.9 Å². The van der Waals surface area contributed by atoms with E-state index in [9.17, 15) is 9.90 Å². The molecule has 8 nitrogen and oxygen atoms in total. The smallest absolute Gasteiger partial charge is 0.326 e. The highest BCUT2D eigenvalue weighted by Gasteiger charge is 2.04. The molecule has 124 valence electrons. The van der Waals surface area contributed by atoms with Crippen molar-refractivity contribution in [3.05, 3.63) is 74.6 Å². The summed E-state index contributed by atoms with van der Waals surface area (Å²) < 4.78 is 1.58. The molecule has 0 fully saturated rings. The number of benzene rings is 1. The largest absolute Gasteiger partial charge is 0.493 e. The Kier molecular flexibility index (Phi) is 3.58. The number of aromatic hydroxyl groups is 1. The number of imidazole rings is 1. The van der Waals surface area contributed by atoms with Gasteiger partial charge in [-0.2, -0.15) is 5.10 Å². The number of nitrogens with one attached hydrogen (secondary N) is 2. The third-order valence-electron chi connectivity index (χ3n) is 3.49. The second kappa shape index (κ2) is 5.91. The van der Waals surface area contributed by atoms with Gasteiger partial charge < -0.3 is 10.1 Å². The highest BCUT2D eigenvalue weighted by atomic mass is 35.5. The second-order valence-corrected chi connectivity index (χ2v) is 5.66. The summed E-state index contributed by atoms with van der Waals surface area (Å²) in [4.78, 5) is 24.9.